The molecule has 5 heteroatoms. The molecule has 0 aromatic heterocycles. The third kappa shape index (κ3) is 4.34. The molecular weight excluding hydrogens is 220 g/mol. The zero-order valence-corrected chi connectivity index (χ0v) is 10.7. The van der Waals surface area contributed by atoms with E-state index in [1.807, 2.05) is 6.92 Å². The van der Waals surface area contributed by atoms with E-state index >= 15 is 0 Å². The molecule has 0 atom stereocenters. The molecule has 0 aromatic rings. The molecule has 0 spiro atoms. The third-order valence-electron chi connectivity index (χ3n) is 3.17. The number of piperidine rings is 1. The van der Waals surface area contributed by atoms with Gasteiger partial charge in [0.05, 0.1) is 6.61 Å². The van der Waals surface area contributed by atoms with Crippen molar-refractivity contribution >= 4 is 11.8 Å². The summed E-state index contributed by atoms with van der Waals surface area (Å²) in [7, 11) is 1.61. The summed E-state index contributed by atoms with van der Waals surface area (Å²) >= 11 is 0. The number of amides is 2. The predicted octanol–water partition coefficient (Wildman–Crippen LogP) is 1.03. The van der Waals surface area contributed by atoms with Gasteiger partial charge in [0.25, 0.3) is 0 Å². The van der Waals surface area contributed by atoms with Gasteiger partial charge < -0.3 is 15.0 Å². The molecule has 1 fully saturated rings. The second-order valence-electron chi connectivity index (χ2n) is 4.31. The van der Waals surface area contributed by atoms with Gasteiger partial charge in [0.1, 0.15) is 5.78 Å². The Morgan fingerprint density at radius 2 is 2.00 bits per heavy atom. The number of nitrogens with zero attached hydrogens (tertiary/aromatic N) is 1. The average molecular weight is 242 g/mol. The second kappa shape index (κ2) is 7.27. The number of rotatable bonds is 5. The van der Waals surface area contributed by atoms with E-state index in [9.17, 15) is 9.59 Å². The first-order valence-corrected chi connectivity index (χ1v) is 6.23. The van der Waals surface area contributed by atoms with Gasteiger partial charge in [-0.15, -0.1) is 0 Å². The maximum Gasteiger partial charge on any atom is 0.317 e. The van der Waals surface area contributed by atoms with E-state index in [4.69, 9.17) is 4.74 Å². The lowest BCUT2D eigenvalue weighted by Crippen LogP contribution is -2.46. The summed E-state index contributed by atoms with van der Waals surface area (Å²) in [6, 6.07) is -0.0514. The molecule has 17 heavy (non-hydrogen) atoms. The minimum atomic E-state index is -0.0514. The molecule has 1 aliphatic heterocycles. The van der Waals surface area contributed by atoms with Gasteiger partial charge >= 0.3 is 6.03 Å². The summed E-state index contributed by atoms with van der Waals surface area (Å²) in [5.74, 6) is 0.479. The Bertz CT molecular complexity index is 260. The van der Waals surface area contributed by atoms with Gasteiger partial charge in [0.15, 0.2) is 0 Å². The number of Topliss-reactive ketones (excluding diaryl/α,β-unsaturated/α-hetero) is 1. The lowest BCUT2D eigenvalue weighted by atomic mass is 9.91. The van der Waals surface area contributed by atoms with Gasteiger partial charge in [-0.2, -0.15) is 0 Å². The number of likely N-dealkylation sites (tertiary alicyclic amines) is 1. The first-order valence-electron chi connectivity index (χ1n) is 6.23. The zero-order chi connectivity index (χ0) is 12.7. The zero-order valence-electron chi connectivity index (χ0n) is 10.7. The van der Waals surface area contributed by atoms with Crippen LogP contribution in [0.3, 0.4) is 0 Å². The van der Waals surface area contributed by atoms with Crippen LogP contribution < -0.4 is 5.32 Å². The lowest BCUT2D eigenvalue weighted by Gasteiger charge is -2.31. The Morgan fingerprint density at radius 1 is 1.35 bits per heavy atom. The molecule has 1 heterocycles. The molecule has 1 rings (SSSR count). The minimum Gasteiger partial charge on any atom is -0.383 e. The monoisotopic (exact) mass is 242 g/mol. The van der Waals surface area contributed by atoms with Crippen LogP contribution in [0.15, 0.2) is 0 Å². The molecule has 1 aliphatic rings. The summed E-state index contributed by atoms with van der Waals surface area (Å²) in [4.78, 5) is 25.0. The number of carbonyl (C=O) groups is 2. The van der Waals surface area contributed by atoms with Gasteiger partial charge in [0.2, 0.25) is 0 Å². The van der Waals surface area contributed by atoms with Crippen molar-refractivity contribution in [3.63, 3.8) is 0 Å². The van der Waals surface area contributed by atoms with Crippen molar-refractivity contribution in [3.05, 3.63) is 0 Å². The van der Waals surface area contributed by atoms with Crippen LogP contribution >= 0.6 is 0 Å². The highest BCUT2D eigenvalue weighted by molar-refractivity contribution is 5.81. The van der Waals surface area contributed by atoms with E-state index in [2.05, 4.69) is 5.32 Å². The standard InChI is InChI=1S/C12H22N2O3/c1-3-11(15)10-4-7-14(8-5-10)12(16)13-6-9-17-2/h10H,3-9H2,1-2H3,(H,13,16). The van der Waals surface area contributed by atoms with Crippen molar-refractivity contribution in [3.8, 4) is 0 Å². The lowest BCUT2D eigenvalue weighted by molar-refractivity contribution is -0.123. The molecular formula is C12H22N2O3. The Kier molecular flexibility index (Phi) is 5.97. The van der Waals surface area contributed by atoms with E-state index in [0.717, 1.165) is 12.8 Å². The highest BCUT2D eigenvalue weighted by Crippen LogP contribution is 2.19. The number of hydrogen-bond acceptors (Lipinski definition) is 3. The van der Waals surface area contributed by atoms with Gasteiger partial charge in [-0.1, -0.05) is 6.92 Å². The average Bonchev–Trinajstić information content (AvgIpc) is 2.38. The molecule has 1 N–H and O–H groups in total. The molecule has 1 saturated heterocycles. The quantitative estimate of drug-likeness (QED) is 0.733. The van der Waals surface area contributed by atoms with Crippen LogP contribution in [0.5, 0.6) is 0 Å². The second-order valence-corrected chi connectivity index (χ2v) is 4.31. The van der Waals surface area contributed by atoms with E-state index in [-0.39, 0.29) is 11.9 Å². The van der Waals surface area contributed by atoms with Crippen molar-refractivity contribution in [1.82, 2.24) is 10.2 Å². The van der Waals surface area contributed by atoms with Gasteiger partial charge in [-0.25, -0.2) is 4.79 Å². The first-order chi connectivity index (χ1) is 8.19. The molecule has 0 unspecified atom stereocenters. The number of hydrogen-bond donors (Lipinski definition) is 1. The fourth-order valence-corrected chi connectivity index (χ4v) is 2.07. The number of ether oxygens (including phenoxy) is 1. The summed E-state index contributed by atoms with van der Waals surface area (Å²) in [6.07, 6.45) is 2.19. The Labute approximate surface area is 102 Å². The third-order valence-corrected chi connectivity index (χ3v) is 3.17. The molecule has 0 bridgehead atoms. The predicted molar refractivity (Wildman–Crippen MR) is 64.9 cm³/mol. The fourth-order valence-electron chi connectivity index (χ4n) is 2.07. The molecule has 0 saturated carbocycles. The molecule has 0 aromatic carbocycles. The van der Waals surface area contributed by atoms with Crippen LogP contribution in [-0.2, 0) is 9.53 Å². The highest BCUT2D eigenvalue weighted by Gasteiger charge is 2.25. The summed E-state index contributed by atoms with van der Waals surface area (Å²) < 4.78 is 4.86. The number of carbonyl (C=O) groups excluding carboxylic acids is 2. The number of urea groups is 1. The van der Waals surface area contributed by atoms with Crippen LogP contribution in [0.1, 0.15) is 26.2 Å². The van der Waals surface area contributed by atoms with Crippen LogP contribution in [0.4, 0.5) is 4.79 Å². The molecule has 5 nitrogen and oxygen atoms in total. The normalized spacial score (nSPS) is 16.9. The SMILES string of the molecule is CCC(=O)C1CCN(C(=O)NCCOC)CC1. The Morgan fingerprint density at radius 3 is 2.53 bits per heavy atom. The molecule has 98 valence electrons. The van der Waals surface area contributed by atoms with E-state index < -0.39 is 0 Å². The van der Waals surface area contributed by atoms with Crippen molar-refractivity contribution in [2.24, 2.45) is 5.92 Å². The van der Waals surface area contributed by atoms with Gasteiger partial charge in [0, 0.05) is 39.1 Å². The summed E-state index contributed by atoms with van der Waals surface area (Å²) in [6.45, 7) is 4.30. The largest absolute Gasteiger partial charge is 0.383 e. The van der Waals surface area contributed by atoms with Crippen LogP contribution in [0, 0.1) is 5.92 Å². The minimum absolute atomic E-state index is 0.0514. The first kappa shape index (κ1) is 14.0. The van der Waals surface area contributed by atoms with Gasteiger partial charge in [-0.05, 0) is 12.8 Å². The van der Waals surface area contributed by atoms with E-state index in [1.165, 1.54) is 0 Å². The Balaban J connectivity index is 2.26. The van der Waals surface area contributed by atoms with Crippen molar-refractivity contribution in [1.29, 1.82) is 0 Å². The van der Waals surface area contributed by atoms with Crippen LogP contribution in [-0.4, -0.2) is 50.1 Å². The maximum absolute atomic E-state index is 11.7. The fraction of sp³-hybridized carbons (Fsp3) is 0.833. The maximum atomic E-state index is 11.7. The molecule has 0 radical (unpaired) electrons. The van der Waals surface area contributed by atoms with E-state index in [1.54, 1.807) is 12.0 Å². The van der Waals surface area contributed by atoms with Crippen molar-refractivity contribution in [2.45, 2.75) is 26.2 Å². The van der Waals surface area contributed by atoms with Gasteiger partial charge in [-0.3, -0.25) is 4.79 Å². The number of nitrogens with one attached hydrogen (secondary N) is 1. The summed E-state index contributed by atoms with van der Waals surface area (Å²) in [5.41, 5.74) is 0. The van der Waals surface area contributed by atoms with Crippen LogP contribution in [0.2, 0.25) is 0 Å². The van der Waals surface area contributed by atoms with E-state index in [0.29, 0.717) is 38.4 Å². The van der Waals surface area contributed by atoms with Crippen LogP contribution in [0.25, 0.3) is 0 Å². The molecule has 2 amide bonds. The smallest absolute Gasteiger partial charge is 0.317 e. The number of ketones is 1. The Hall–Kier alpha value is -1.10. The van der Waals surface area contributed by atoms with Crippen molar-refractivity contribution < 1.29 is 14.3 Å². The summed E-state index contributed by atoms with van der Waals surface area (Å²) in [5, 5.41) is 2.79. The highest BCUT2D eigenvalue weighted by atomic mass is 16.5. The topological polar surface area (TPSA) is 58.6 Å². The molecule has 0 aliphatic carbocycles. The van der Waals surface area contributed by atoms with Crippen molar-refractivity contribution in [2.75, 3.05) is 33.4 Å². The number of methoxy groups -OCH3 is 1.